The fourth-order valence-corrected chi connectivity index (χ4v) is 2.29. The van der Waals surface area contributed by atoms with Gasteiger partial charge in [-0.3, -0.25) is 0 Å². The summed E-state index contributed by atoms with van der Waals surface area (Å²) in [6.07, 6.45) is 9.20. The minimum Gasteiger partial charge on any atom is -0.357 e. The molecule has 1 aliphatic rings. The molecule has 0 radical (unpaired) electrons. The normalized spacial score (nSPS) is 19.6. The van der Waals surface area contributed by atoms with Gasteiger partial charge in [-0.2, -0.15) is 5.10 Å². The van der Waals surface area contributed by atoms with Crippen molar-refractivity contribution in [3.05, 3.63) is 53.6 Å². The van der Waals surface area contributed by atoms with E-state index in [1.807, 2.05) is 29.1 Å². The fraction of sp³-hybridized carbons (Fsp3) is 0.312. The Bertz CT molecular complexity index is 583. The summed E-state index contributed by atoms with van der Waals surface area (Å²) in [6.45, 7) is 0.811. The Morgan fingerprint density at radius 1 is 1.15 bits per heavy atom. The number of rotatable bonds is 3. The van der Waals surface area contributed by atoms with Crippen molar-refractivity contribution in [2.24, 2.45) is 0 Å². The van der Waals surface area contributed by atoms with Crippen LogP contribution in [0.1, 0.15) is 36.7 Å². The zero-order valence-corrected chi connectivity index (χ0v) is 11.2. The Morgan fingerprint density at radius 3 is 2.75 bits per heavy atom. The largest absolute Gasteiger partial charge is 0.357 e. The van der Waals surface area contributed by atoms with E-state index in [1.165, 1.54) is 18.6 Å². The number of aromatic nitrogens is 2. The van der Waals surface area contributed by atoms with Crippen molar-refractivity contribution in [3.63, 3.8) is 0 Å². The number of nitrogens with zero attached hydrogens (tertiary/aromatic N) is 2. The number of benzene rings is 1. The van der Waals surface area contributed by atoms with Crippen LogP contribution < -0.4 is 0 Å². The summed E-state index contributed by atoms with van der Waals surface area (Å²) in [6, 6.07) is 8.35. The van der Waals surface area contributed by atoms with Crippen LogP contribution in [0.15, 0.2) is 36.5 Å². The first-order chi connectivity index (χ1) is 9.81. The summed E-state index contributed by atoms with van der Waals surface area (Å²) in [4.78, 5) is 0. The molecule has 2 aromatic rings. The quantitative estimate of drug-likeness (QED) is 0.847. The molecule has 1 saturated heterocycles. The van der Waals surface area contributed by atoms with Crippen molar-refractivity contribution < 1.29 is 9.13 Å². The second-order valence-electron chi connectivity index (χ2n) is 4.93. The highest BCUT2D eigenvalue weighted by Gasteiger charge is 2.15. The molecule has 1 aliphatic heterocycles. The number of hydrogen-bond donors (Lipinski definition) is 0. The van der Waals surface area contributed by atoms with Gasteiger partial charge in [-0.25, -0.2) is 9.07 Å². The van der Waals surface area contributed by atoms with Gasteiger partial charge in [-0.15, -0.1) is 0 Å². The van der Waals surface area contributed by atoms with E-state index < -0.39 is 0 Å². The summed E-state index contributed by atoms with van der Waals surface area (Å²) >= 11 is 0. The zero-order valence-electron chi connectivity index (χ0n) is 11.2. The molecule has 1 aromatic heterocycles. The average molecular weight is 272 g/mol. The van der Waals surface area contributed by atoms with Crippen molar-refractivity contribution >= 4 is 12.2 Å². The molecule has 4 heteroatoms. The molecule has 1 atom stereocenters. The Kier molecular flexibility index (Phi) is 3.92. The lowest BCUT2D eigenvalue weighted by molar-refractivity contribution is -0.0395. The van der Waals surface area contributed by atoms with E-state index in [1.54, 1.807) is 12.1 Å². The third-order valence-corrected chi connectivity index (χ3v) is 3.40. The summed E-state index contributed by atoms with van der Waals surface area (Å²) in [7, 11) is 0. The molecule has 1 aromatic carbocycles. The maximum absolute atomic E-state index is 12.8. The highest BCUT2D eigenvalue weighted by Crippen LogP contribution is 2.21. The van der Waals surface area contributed by atoms with Gasteiger partial charge in [0.15, 0.2) is 0 Å². The van der Waals surface area contributed by atoms with E-state index in [0.29, 0.717) is 0 Å². The molecule has 1 unspecified atom stereocenters. The summed E-state index contributed by atoms with van der Waals surface area (Å²) in [5, 5.41) is 4.50. The lowest BCUT2D eigenvalue weighted by Crippen LogP contribution is -2.18. The molecule has 20 heavy (non-hydrogen) atoms. The van der Waals surface area contributed by atoms with E-state index in [2.05, 4.69) is 5.10 Å². The van der Waals surface area contributed by atoms with E-state index in [-0.39, 0.29) is 12.0 Å². The van der Waals surface area contributed by atoms with Crippen molar-refractivity contribution in [2.45, 2.75) is 25.5 Å². The molecule has 1 fully saturated rings. The van der Waals surface area contributed by atoms with Crippen LogP contribution >= 0.6 is 0 Å². The van der Waals surface area contributed by atoms with Crippen LogP contribution in [0.25, 0.3) is 12.2 Å². The van der Waals surface area contributed by atoms with Gasteiger partial charge in [0, 0.05) is 12.8 Å². The smallest absolute Gasteiger partial charge is 0.150 e. The maximum atomic E-state index is 12.8. The number of halogens is 1. The molecular formula is C16H17FN2O. The Hall–Kier alpha value is -1.94. The van der Waals surface area contributed by atoms with Crippen LogP contribution in [0.2, 0.25) is 0 Å². The number of hydrogen-bond acceptors (Lipinski definition) is 2. The highest BCUT2D eigenvalue weighted by molar-refractivity contribution is 5.67. The minimum absolute atomic E-state index is 0.0664. The third kappa shape index (κ3) is 3.14. The molecule has 0 bridgehead atoms. The Balaban J connectivity index is 1.68. The van der Waals surface area contributed by atoms with Gasteiger partial charge in [-0.1, -0.05) is 18.2 Å². The van der Waals surface area contributed by atoms with Crippen molar-refractivity contribution in [1.29, 1.82) is 0 Å². The fourth-order valence-electron chi connectivity index (χ4n) is 2.29. The first-order valence-corrected chi connectivity index (χ1v) is 6.92. The third-order valence-electron chi connectivity index (χ3n) is 3.40. The van der Waals surface area contributed by atoms with E-state index in [9.17, 15) is 4.39 Å². The van der Waals surface area contributed by atoms with Gasteiger partial charge in [0.1, 0.15) is 12.0 Å². The van der Waals surface area contributed by atoms with Gasteiger partial charge < -0.3 is 4.74 Å². The predicted octanol–water partition coefficient (Wildman–Crippen LogP) is 3.89. The number of ether oxygens (including phenoxy) is 1. The monoisotopic (exact) mass is 272 g/mol. The standard InChI is InChI=1S/C16H17FN2O/c17-14-7-4-13(5-8-14)6-9-15-10-11-19(18-15)16-3-1-2-12-20-16/h4-11,16H,1-3,12H2/b9-6+. The van der Waals surface area contributed by atoms with Gasteiger partial charge in [-0.05, 0) is 49.1 Å². The predicted molar refractivity (Wildman–Crippen MR) is 76.4 cm³/mol. The van der Waals surface area contributed by atoms with Gasteiger partial charge in [0.2, 0.25) is 0 Å². The molecule has 0 spiro atoms. The molecular weight excluding hydrogens is 255 g/mol. The van der Waals surface area contributed by atoms with Crippen molar-refractivity contribution in [1.82, 2.24) is 9.78 Å². The van der Waals surface area contributed by atoms with Gasteiger partial charge in [0.25, 0.3) is 0 Å². The highest BCUT2D eigenvalue weighted by atomic mass is 19.1. The Morgan fingerprint density at radius 2 is 2.00 bits per heavy atom. The van der Waals surface area contributed by atoms with Crippen LogP contribution in [-0.2, 0) is 4.74 Å². The molecule has 0 saturated carbocycles. The molecule has 0 aliphatic carbocycles. The second kappa shape index (κ2) is 6.01. The Labute approximate surface area is 117 Å². The van der Waals surface area contributed by atoms with Gasteiger partial charge in [0.05, 0.1) is 5.69 Å². The topological polar surface area (TPSA) is 27.1 Å². The molecule has 3 rings (SSSR count). The van der Waals surface area contributed by atoms with Crippen LogP contribution in [0, 0.1) is 5.82 Å². The molecule has 0 N–H and O–H groups in total. The van der Waals surface area contributed by atoms with Crippen LogP contribution in [0.4, 0.5) is 4.39 Å². The maximum Gasteiger partial charge on any atom is 0.150 e. The van der Waals surface area contributed by atoms with Crippen LogP contribution in [0.3, 0.4) is 0 Å². The van der Waals surface area contributed by atoms with E-state index in [0.717, 1.165) is 30.7 Å². The first kappa shape index (κ1) is 13.1. The molecule has 0 amide bonds. The molecule has 104 valence electrons. The second-order valence-corrected chi connectivity index (χ2v) is 4.93. The summed E-state index contributed by atoms with van der Waals surface area (Å²) in [5.74, 6) is -0.221. The molecule has 3 nitrogen and oxygen atoms in total. The lowest BCUT2D eigenvalue weighted by atomic mass is 10.2. The van der Waals surface area contributed by atoms with E-state index >= 15 is 0 Å². The first-order valence-electron chi connectivity index (χ1n) is 6.92. The average Bonchev–Trinajstić information content (AvgIpc) is 2.97. The zero-order chi connectivity index (χ0) is 13.8. The van der Waals surface area contributed by atoms with Crippen molar-refractivity contribution in [3.8, 4) is 0 Å². The van der Waals surface area contributed by atoms with E-state index in [4.69, 9.17) is 4.74 Å². The SMILES string of the molecule is Fc1ccc(/C=C/c2ccn(C3CCCCO3)n2)cc1. The summed E-state index contributed by atoms with van der Waals surface area (Å²) < 4.78 is 20.4. The summed E-state index contributed by atoms with van der Waals surface area (Å²) in [5.41, 5.74) is 1.83. The van der Waals surface area contributed by atoms with Crippen molar-refractivity contribution in [2.75, 3.05) is 6.61 Å². The minimum atomic E-state index is -0.221. The van der Waals surface area contributed by atoms with Crippen LogP contribution in [-0.4, -0.2) is 16.4 Å². The molecule has 2 heterocycles. The van der Waals surface area contributed by atoms with Crippen LogP contribution in [0.5, 0.6) is 0 Å². The van der Waals surface area contributed by atoms with Gasteiger partial charge >= 0.3 is 0 Å². The lowest BCUT2D eigenvalue weighted by Gasteiger charge is -2.22.